The molecule has 0 saturated carbocycles. The molecule has 0 radical (unpaired) electrons. The van der Waals surface area contributed by atoms with Crippen molar-refractivity contribution in [2.24, 2.45) is 0 Å². The second kappa shape index (κ2) is 4.89. The molecule has 0 aromatic heterocycles. The highest BCUT2D eigenvalue weighted by Crippen LogP contribution is 2.26. The summed E-state index contributed by atoms with van der Waals surface area (Å²) >= 11 is 0. The van der Waals surface area contributed by atoms with E-state index in [2.05, 4.69) is 0 Å². The first-order valence-corrected chi connectivity index (χ1v) is 7.96. The highest BCUT2D eigenvalue weighted by atomic mass is 32.2. The Bertz CT molecular complexity index is 568. The average Bonchev–Trinajstić information content (AvgIpc) is 2.32. The Balaban J connectivity index is 2.25. The van der Waals surface area contributed by atoms with Gasteiger partial charge in [0.25, 0.3) is 0 Å². The largest absolute Gasteiger partial charge is 0.390 e. The number of hydrogen-bond acceptors (Lipinski definition) is 3. The molecule has 19 heavy (non-hydrogen) atoms. The van der Waals surface area contributed by atoms with Crippen LogP contribution in [0.3, 0.4) is 0 Å². The minimum Gasteiger partial charge on any atom is -0.390 e. The molecule has 106 valence electrons. The fourth-order valence-electron chi connectivity index (χ4n) is 2.23. The molecule has 5 heteroatoms. The van der Waals surface area contributed by atoms with Gasteiger partial charge in [-0.05, 0) is 56.9 Å². The van der Waals surface area contributed by atoms with E-state index in [1.54, 1.807) is 19.1 Å². The van der Waals surface area contributed by atoms with Crippen molar-refractivity contribution in [1.82, 2.24) is 4.31 Å². The first kappa shape index (κ1) is 14.5. The predicted octanol–water partition coefficient (Wildman–Crippen LogP) is 1.84. The van der Waals surface area contributed by atoms with Gasteiger partial charge in [0.2, 0.25) is 10.0 Å². The van der Waals surface area contributed by atoms with E-state index >= 15 is 0 Å². The zero-order valence-corrected chi connectivity index (χ0v) is 12.5. The number of hydrogen-bond donors (Lipinski definition) is 1. The standard InChI is InChI=1S/C14H21NO3S/c1-11-4-5-13(10-12(11)2)19(17,18)15-8-6-14(3,16)7-9-15/h4-5,10,16H,6-9H2,1-3H3. The first-order valence-electron chi connectivity index (χ1n) is 6.52. The third-order valence-corrected chi connectivity index (χ3v) is 5.81. The van der Waals surface area contributed by atoms with Crippen LogP contribution in [0.15, 0.2) is 23.1 Å². The molecular weight excluding hydrogens is 262 g/mol. The quantitative estimate of drug-likeness (QED) is 0.901. The van der Waals surface area contributed by atoms with Gasteiger partial charge in [-0.3, -0.25) is 0 Å². The summed E-state index contributed by atoms with van der Waals surface area (Å²) in [5.41, 5.74) is 1.32. The van der Waals surface area contributed by atoms with E-state index in [4.69, 9.17) is 0 Å². The molecule has 1 N–H and O–H groups in total. The van der Waals surface area contributed by atoms with Crippen LogP contribution in [-0.2, 0) is 10.0 Å². The SMILES string of the molecule is Cc1ccc(S(=O)(=O)N2CCC(C)(O)CC2)cc1C. The van der Waals surface area contributed by atoms with E-state index in [1.165, 1.54) is 4.31 Å². The van der Waals surface area contributed by atoms with Gasteiger partial charge in [0.1, 0.15) is 0 Å². The van der Waals surface area contributed by atoms with Crippen LogP contribution >= 0.6 is 0 Å². The normalized spacial score (nSPS) is 20.4. The van der Waals surface area contributed by atoms with Gasteiger partial charge >= 0.3 is 0 Å². The maximum Gasteiger partial charge on any atom is 0.243 e. The molecule has 1 fully saturated rings. The molecule has 1 saturated heterocycles. The van der Waals surface area contributed by atoms with E-state index in [9.17, 15) is 13.5 Å². The molecule has 1 aliphatic heterocycles. The van der Waals surface area contributed by atoms with Crippen LogP contribution < -0.4 is 0 Å². The average molecular weight is 283 g/mol. The Labute approximate surface area is 115 Å². The summed E-state index contributed by atoms with van der Waals surface area (Å²) in [5.74, 6) is 0. The van der Waals surface area contributed by atoms with Gasteiger partial charge in [0.15, 0.2) is 0 Å². The minimum absolute atomic E-state index is 0.345. The molecule has 0 bridgehead atoms. The summed E-state index contributed by atoms with van der Waals surface area (Å²) in [6.07, 6.45) is 0.966. The monoisotopic (exact) mass is 283 g/mol. The van der Waals surface area contributed by atoms with Crippen molar-refractivity contribution in [3.05, 3.63) is 29.3 Å². The van der Waals surface area contributed by atoms with Crippen molar-refractivity contribution >= 4 is 10.0 Å². The highest BCUT2D eigenvalue weighted by Gasteiger charge is 2.33. The number of nitrogens with zero attached hydrogens (tertiary/aromatic N) is 1. The maximum absolute atomic E-state index is 12.5. The van der Waals surface area contributed by atoms with Crippen LogP contribution in [0.5, 0.6) is 0 Å². The van der Waals surface area contributed by atoms with E-state index in [0.717, 1.165) is 11.1 Å². The molecular formula is C14H21NO3S. The number of sulfonamides is 1. The highest BCUT2D eigenvalue weighted by molar-refractivity contribution is 7.89. The van der Waals surface area contributed by atoms with Crippen LogP contribution in [0.1, 0.15) is 30.9 Å². The van der Waals surface area contributed by atoms with Crippen LogP contribution in [0.25, 0.3) is 0 Å². The third kappa shape index (κ3) is 2.99. The van der Waals surface area contributed by atoms with E-state index < -0.39 is 15.6 Å². The second-order valence-corrected chi connectivity index (χ2v) is 7.59. The summed E-state index contributed by atoms with van der Waals surface area (Å²) in [6, 6.07) is 5.21. The Kier molecular flexibility index (Phi) is 3.73. The summed E-state index contributed by atoms with van der Waals surface area (Å²) in [4.78, 5) is 0.345. The van der Waals surface area contributed by atoms with Gasteiger partial charge in [-0.25, -0.2) is 8.42 Å². The van der Waals surface area contributed by atoms with Crippen molar-refractivity contribution in [3.8, 4) is 0 Å². The Morgan fingerprint density at radius 2 is 1.74 bits per heavy atom. The fourth-order valence-corrected chi connectivity index (χ4v) is 3.76. The third-order valence-electron chi connectivity index (χ3n) is 3.92. The lowest BCUT2D eigenvalue weighted by atomic mass is 9.95. The van der Waals surface area contributed by atoms with Crippen molar-refractivity contribution in [2.75, 3.05) is 13.1 Å². The van der Waals surface area contributed by atoms with Crippen LogP contribution in [-0.4, -0.2) is 36.5 Å². The zero-order chi connectivity index (χ0) is 14.3. The molecule has 0 spiro atoms. The molecule has 0 unspecified atom stereocenters. The molecule has 1 heterocycles. The smallest absolute Gasteiger partial charge is 0.243 e. The number of aliphatic hydroxyl groups is 1. The fraction of sp³-hybridized carbons (Fsp3) is 0.571. The Hall–Kier alpha value is -0.910. The first-order chi connectivity index (χ1) is 8.72. The van der Waals surface area contributed by atoms with Crippen molar-refractivity contribution in [2.45, 2.75) is 44.1 Å². The van der Waals surface area contributed by atoms with Gasteiger partial charge < -0.3 is 5.11 Å². The lowest BCUT2D eigenvalue weighted by Crippen LogP contribution is -2.45. The topological polar surface area (TPSA) is 57.6 Å². The van der Waals surface area contributed by atoms with Crippen molar-refractivity contribution in [1.29, 1.82) is 0 Å². The number of benzene rings is 1. The zero-order valence-electron chi connectivity index (χ0n) is 11.7. The molecule has 2 rings (SSSR count). The van der Waals surface area contributed by atoms with Gasteiger partial charge in [0, 0.05) is 13.1 Å². The molecule has 1 aliphatic rings. The summed E-state index contributed by atoms with van der Waals surface area (Å²) in [5, 5.41) is 9.89. The summed E-state index contributed by atoms with van der Waals surface area (Å²) in [7, 11) is -3.43. The lowest BCUT2D eigenvalue weighted by Gasteiger charge is -2.35. The van der Waals surface area contributed by atoms with Crippen molar-refractivity contribution in [3.63, 3.8) is 0 Å². The number of piperidine rings is 1. The lowest BCUT2D eigenvalue weighted by molar-refractivity contribution is 0.0126. The van der Waals surface area contributed by atoms with E-state index in [1.807, 2.05) is 19.9 Å². The molecule has 4 nitrogen and oxygen atoms in total. The summed E-state index contributed by atoms with van der Waals surface area (Å²) in [6.45, 7) is 6.39. The Morgan fingerprint density at radius 3 is 2.26 bits per heavy atom. The van der Waals surface area contributed by atoms with Gasteiger partial charge in [-0.1, -0.05) is 6.07 Å². The van der Waals surface area contributed by atoms with Crippen LogP contribution in [0, 0.1) is 13.8 Å². The van der Waals surface area contributed by atoms with E-state index in [-0.39, 0.29) is 0 Å². The Morgan fingerprint density at radius 1 is 1.16 bits per heavy atom. The van der Waals surface area contributed by atoms with Gasteiger partial charge in [-0.15, -0.1) is 0 Å². The maximum atomic E-state index is 12.5. The molecule has 1 aromatic carbocycles. The van der Waals surface area contributed by atoms with Gasteiger partial charge in [-0.2, -0.15) is 4.31 Å². The molecule has 1 aromatic rings. The second-order valence-electron chi connectivity index (χ2n) is 5.65. The van der Waals surface area contributed by atoms with E-state index in [0.29, 0.717) is 30.8 Å². The van der Waals surface area contributed by atoms with Crippen LogP contribution in [0.4, 0.5) is 0 Å². The molecule has 0 aliphatic carbocycles. The predicted molar refractivity (Wildman–Crippen MR) is 74.5 cm³/mol. The molecule has 0 atom stereocenters. The van der Waals surface area contributed by atoms with Crippen molar-refractivity contribution < 1.29 is 13.5 Å². The molecule has 0 amide bonds. The summed E-state index contributed by atoms with van der Waals surface area (Å²) < 4.78 is 26.5. The number of rotatable bonds is 2. The number of aryl methyl sites for hydroxylation is 2. The van der Waals surface area contributed by atoms with Crippen LogP contribution in [0.2, 0.25) is 0 Å². The minimum atomic E-state index is -3.43. The van der Waals surface area contributed by atoms with Gasteiger partial charge in [0.05, 0.1) is 10.5 Å².